The summed E-state index contributed by atoms with van der Waals surface area (Å²) in [6.07, 6.45) is -4.11. The van der Waals surface area contributed by atoms with Crippen LogP contribution in [0.15, 0.2) is 0 Å². The van der Waals surface area contributed by atoms with E-state index in [0.717, 1.165) is 0 Å². The molecular weight excluding hydrogens is 289 g/mol. The summed E-state index contributed by atoms with van der Waals surface area (Å²) in [7, 11) is 0. The van der Waals surface area contributed by atoms with Crippen LogP contribution in [0, 0.1) is 11.8 Å². The maximum absolute atomic E-state index is 12.9. The van der Waals surface area contributed by atoms with Crippen LogP contribution in [0.25, 0.3) is 0 Å². The molecule has 0 bridgehead atoms. The average molecular weight is 308 g/mol. The van der Waals surface area contributed by atoms with Crippen LogP contribution in [-0.2, 0) is 9.59 Å². The lowest BCUT2D eigenvalue weighted by atomic mass is 9.96. The summed E-state index contributed by atoms with van der Waals surface area (Å²) in [5.41, 5.74) is 0. The van der Waals surface area contributed by atoms with Crippen molar-refractivity contribution in [2.45, 2.75) is 38.5 Å². The predicted octanol–water partition coefficient (Wildman–Crippen LogP) is 1.19. The van der Waals surface area contributed by atoms with Gasteiger partial charge in [-0.05, 0) is 20.3 Å². The highest BCUT2D eigenvalue weighted by atomic mass is 19.4. The fraction of sp³-hybridized carbons (Fsp3) is 0.846. The zero-order valence-corrected chi connectivity index (χ0v) is 11.9. The fourth-order valence-corrected chi connectivity index (χ4v) is 3.21. The summed E-state index contributed by atoms with van der Waals surface area (Å²) < 4.78 is 38.8. The van der Waals surface area contributed by atoms with Gasteiger partial charge in [0, 0.05) is 25.7 Å². The van der Waals surface area contributed by atoms with Crippen LogP contribution in [0.2, 0.25) is 0 Å². The van der Waals surface area contributed by atoms with Crippen LogP contribution in [-0.4, -0.2) is 64.7 Å². The van der Waals surface area contributed by atoms with Gasteiger partial charge in [0.2, 0.25) is 5.91 Å². The zero-order chi connectivity index (χ0) is 15.9. The Bertz CT molecular complexity index is 439. The van der Waals surface area contributed by atoms with Gasteiger partial charge >= 0.3 is 12.1 Å². The van der Waals surface area contributed by atoms with Gasteiger partial charge in [0.05, 0.1) is 17.9 Å². The third-order valence-electron chi connectivity index (χ3n) is 4.36. The Kier molecular flexibility index (Phi) is 4.19. The second-order valence-electron chi connectivity index (χ2n) is 5.98. The predicted molar refractivity (Wildman–Crippen MR) is 67.5 cm³/mol. The highest BCUT2D eigenvalue weighted by Crippen LogP contribution is 2.39. The summed E-state index contributed by atoms with van der Waals surface area (Å²) in [4.78, 5) is 26.3. The Morgan fingerprint density at radius 1 is 1.33 bits per heavy atom. The molecule has 5 nitrogen and oxygen atoms in total. The molecule has 0 aromatic rings. The van der Waals surface area contributed by atoms with Crippen molar-refractivity contribution in [3.8, 4) is 0 Å². The monoisotopic (exact) mass is 308 g/mol. The van der Waals surface area contributed by atoms with Gasteiger partial charge in [0.1, 0.15) is 0 Å². The maximum Gasteiger partial charge on any atom is 0.393 e. The first-order chi connectivity index (χ1) is 9.62. The van der Waals surface area contributed by atoms with Gasteiger partial charge in [0.15, 0.2) is 0 Å². The minimum Gasteiger partial charge on any atom is -0.481 e. The molecule has 0 saturated carbocycles. The van der Waals surface area contributed by atoms with Crippen molar-refractivity contribution < 1.29 is 27.9 Å². The van der Waals surface area contributed by atoms with E-state index in [9.17, 15) is 22.8 Å². The lowest BCUT2D eigenvalue weighted by Crippen LogP contribution is -2.43. The summed E-state index contributed by atoms with van der Waals surface area (Å²) in [5, 5.41) is 8.99. The van der Waals surface area contributed by atoms with Crippen molar-refractivity contribution >= 4 is 11.9 Å². The first-order valence-electron chi connectivity index (χ1n) is 6.97. The Morgan fingerprint density at radius 3 is 2.33 bits per heavy atom. The van der Waals surface area contributed by atoms with E-state index in [0.29, 0.717) is 13.0 Å². The van der Waals surface area contributed by atoms with Crippen molar-refractivity contribution in [1.29, 1.82) is 0 Å². The second-order valence-corrected chi connectivity index (χ2v) is 5.98. The van der Waals surface area contributed by atoms with E-state index in [4.69, 9.17) is 5.11 Å². The number of hydrogen-bond donors (Lipinski definition) is 1. The van der Waals surface area contributed by atoms with Crippen molar-refractivity contribution in [2.75, 3.05) is 19.6 Å². The smallest absolute Gasteiger partial charge is 0.393 e. The number of carboxylic acids is 1. The molecule has 2 saturated heterocycles. The number of carboxylic acid groups (broad SMARTS) is 1. The molecule has 1 unspecified atom stereocenters. The van der Waals surface area contributed by atoms with Crippen molar-refractivity contribution in [3.05, 3.63) is 0 Å². The van der Waals surface area contributed by atoms with E-state index in [2.05, 4.69) is 0 Å². The summed E-state index contributed by atoms with van der Waals surface area (Å²) >= 11 is 0. The largest absolute Gasteiger partial charge is 0.481 e. The van der Waals surface area contributed by atoms with Gasteiger partial charge in [-0.3, -0.25) is 14.5 Å². The molecule has 0 aliphatic carbocycles. The molecule has 21 heavy (non-hydrogen) atoms. The number of hydrogen-bond acceptors (Lipinski definition) is 3. The van der Waals surface area contributed by atoms with Crippen LogP contribution in [0.5, 0.6) is 0 Å². The molecule has 8 heteroatoms. The molecule has 2 heterocycles. The van der Waals surface area contributed by atoms with Crippen LogP contribution < -0.4 is 0 Å². The van der Waals surface area contributed by atoms with Gasteiger partial charge < -0.3 is 10.0 Å². The zero-order valence-electron chi connectivity index (χ0n) is 11.9. The number of nitrogens with zero attached hydrogens (tertiary/aromatic N) is 2. The Hall–Kier alpha value is -1.31. The van der Waals surface area contributed by atoms with E-state index in [1.807, 2.05) is 13.8 Å². The van der Waals surface area contributed by atoms with Crippen molar-refractivity contribution in [3.63, 3.8) is 0 Å². The minimum atomic E-state index is -4.56. The molecule has 120 valence electrons. The van der Waals surface area contributed by atoms with E-state index >= 15 is 0 Å². The van der Waals surface area contributed by atoms with Gasteiger partial charge in [0.25, 0.3) is 0 Å². The third kappa shape index (κ3) is 3.00. The molecular formula is C13H19F3N2O3. The molecule has 2 fully saturated rings. The molecule has 0 spiro atoms. The number of amides is 1. The number of alkyl halides is 3. The molecule has 3 atom stereocenters. The molecule has 2 rings (SSSR count). The lowest BCUT2D eigenvalue weighted by molar-refractivity contribution is -0.188. The second kappa shape index (κ2) is 5.47. The number of carbonyl (C=O) groups excluding carboxylic acids is 1. The van der Waals surface area contributed by atoms with Gasteiger partial charge in [-0.15, -0.1) is 0 Å². The molecule has 2 aliphatic heterocycles. The quantitative estimate of drug-likeness (QED) is 0.851. The Balaban J connectivity index is 2.13. The number of carbonyl (C=O) groups is 2. The first-order valence-corrected chi connectivity index (χ1v) is 6.97. The lowest BCUT2D eigenvalue weighted by Gasteiger charge is -2.25. The van der Waals surface area contributed by atoms with Crippen LogP contribution in [0.1, 0.15) is 20.3 Å². The summed E-state index contributed by atoms with van der Waals surface area (Å²) in [5.74, 6) is -5.05. The van der Waals surface area contributed by atoms with Crippen LogP contribution >= 0.6 is 0 Å². The maximum atomic E-state index is 12.9. The van der Waals surface area contributed by atoms with Gasteiger partial charge in [-0.1, -0.05) is 0 Å². The summed E-state index contributed by atoms with van der Waals surface area (Å²) in [6, 6.07) is -0.625. The Morgan fingerprint density at radius 2 is 1.95 bits per heavy atom. The topological polar surface area (TPSA) is 60.9 Å². The van der Waals surface area contributed by atoms with E-state index in [1.165, 1.54) is 4.90 Å². The third-order valence-corrected chi connectivity index (χ3v) is 4.36. The molecule has 2 aliphatic rings. The molecule has 0 aromatic heterocycles. The number of halogens is 3. The molecule has 0 radical (unpaired) electrons. The van der Waals surface area contributed by atoms with E-state index < -0.39 is 36.6 Å². The molecule has 1 N–H and O–H groups in total. The molecule has 1 amide bonds. The highest BCUT2D eigenvalue weighted by molar-refractivity contribution is 5.84. The standard InChI is InChI=1S/C13H19F3N2O3/c1-7(2)18-4-3-10(11(18)19)17-5-8(12(20)21)9(6-17)13(14,15)16/h7-10H,3-6H2,1-2H3,(H,20,21)/t8-,9-,10?/m1/s1. The average Bonchev–Trinajstić information content (AvgIpc) is 2.91. The fourth-order valence-electron chi connectivity index (χ4n) is 3.21. The van der Waals surface area contributed by atoms with Crippen molar-refractivity contribution in [2.24, 2.45) is 11.8 Å². The van der Waals surface area contributed by atoms with Crippen LogP contribution in [0.4, 0.5) is 13.2 Å². The van der Waals surface area contributed by atoms with E-state index in [1.54, 1.807) is 4.90 Å². The van der Waals surface area contributed by atoms with Gasteiger partial charge in [-0.25, -0.2) is 0 Å². The first kappa shape index (κ1) is 16.1. The minimum absolute atomic E-state index is 0.00112. The summed E-state index contributed by atoms with van der Waals surface area (Å²) in [6.45, 7) is 3.57. The van der Waals surface area contributed by atoms with Gasteiger partial charge in [-0.2, -0.15) is 13.2 Å². The Labute approximate surface area is 120 Å². The SMILES string of the molecule is CC(C)N1CCC(N2C[C@@H](C(F)(F)F)[C@H](C(=O)O)C2)C1=O. The number of likely N-dealkylation sites (tertiary alicyclic amines) is 2. The normalized spacial score (nSPS) is 31.4. The highest BCUT2D eigenvalue weighted by Gasteiger charge is 2.55. The number of aliphatic carboxylic acids is 1. The number of rotatable bonds is 3. The van der Waals surface area contributed by atoms with Crippen molar-refractivity contribution in [1.82, 2.24) is 9.80 Å². The van der Waals surface area contributed by atoms with Crippen LogP contribution in [0.3, 0.4) is 0 Å². The van der Waals surface area contributed by atoms with E-state index in [-0.39, 0.29) is 18.5 Å². The molecule has 0 aromatic carbocycles.